The normalized spacial score (nSPS) is 11.4. The number of hydrogen-bond acceptors (Lipinski definition) is 4. The van der Waals surface area contributed by atoms with E-state index < -0.39 is 5.97 Å². The van der Waals surface area contributed by atoms with Gasteiger partial charge in [0.25, 0.3) is 0 Å². The highest BCUT2D eigenvalue weighted by Crippen LogP contribution is 2.18. The maximum Gasteiger partial charge on any atom is 0.354 e. The average Bonchev–Trinajstić information content (AvgIpc) is 2.13. The van der Waals surface area contributed by atoms with Gasteiger partial charge in [-0.05, 0) is 18.4 Å². The van der Waals surface area contributed by atoms with Gasteiger partial charge in [-0.2, -0.15) is 0 Å². The van der Waals surface area contributed by atoms with Crippen LogP contribution >= 0.6 is 0 Å². The third kappa shape index (κ3) is 4.01. The molecule has 1 aromatic rings. The molecule has 0 spiro atoms. The zero-order valence-corrected chi connectivity index (χ0v) is 11.0. The van der Waals surface area contributed by atoms with Gasteiger partial charge in [0.2, 0.25) is 5.95 Å². The van der Waals surface area contributed by atoms with Gasteiger partial charge in [-0.25, -0.2) is 14.8 Å². The van der Waals surface area contributed by atoms with Crippen molar-refractivity contribution in [3.05, 3.63) is 17.5 Å². The summed E-state index contributed by atoms with van der Waals surface area (Å²) in [6.07, 6.45) is 0. The highest BCUT2D eigenvalue weighted by molar-refractivity contribution is 5.85. The monoisotopic (exact) mass is 237 g/mol. The van der Waals surface area contributed by atoms with Crippen LogP contribution in [0.2, 0.25) is 0 Å². The Morgan fingerprint density at radius 2 is 2.00 bits per heavy atom. The van der Waals surface area contributed by atoms with Crippen LogP contribution in [0.25, 0.3) is 0 Å². The van der Waals surface area contributed by atoms with Crippen molar-refractivity contribution in [3.63, 3.8) is 0 Å². The minimum Gasteiger partial charge on any atom is -0.477 e. The lowest BCUT2D eigenvalue weighted by molar-refractivity contribution is 0.0690. The first-order chi connectivity index (χ1) is 7.69. The van der Waals surface area contributed by atoms with Crippen LogP contribution in [-0.4, -0.2) is 34.6 Å². The second-order valence-electron chi connectivity index (χ2n) is 5.42. The number of aromatic nitrogens is 2. The molecule has 0 aromatic carbocycles. The molecule has 0 unspecified atom stereocenters. The first-order valence-electron chi connectivity index (χ1n) is 5.49. The van der Waals surface area contributed by atoms with Crippen LogP contribution in [0, 0.1) is 12.3 Å². The van der Waals surface area contributed by atoms with Crippen molar-refractivity contribution in [2.45, 2.75) is 27.7 Å². The zero-order chi connectivity index (χ0) is 13.2. The maximum atomic E-state index is 10.9. The standard InChI is InChI=1S/C12H19N3O2/c1-8-6-9(10(16)17)14-11(13-8)15(5)7-12(2,3)4/h6H,7H2,1-5H3,(H,16,17). The van der Waals surface area contributed by atoms with E-state index in [-0.39, 0.29) is 11.1 Å². The molecule has 1 aromatic heterocycles. The first kappa shape index (κ1) is 13.4. The Bertz CT molecular complexity index is 424. The fraction of sp³-hybridized carbons (Fsp3) is 0.583. The minimum absolute atomic E-state index is 0.0354. The van der Waals surface area contributed by atoms with E-state index >= 15 is 0 Å². The molecule has 0 atom stereocenters. The number of carbonyl (C=O) groups is 1. The molecule has 0 saturated carbocycles. The van der Waals surface area contributed by atoms with Gasteiger partial charge in [-0.3, -0.25) is 0 Å². The Balaban J connectivity index is 3.01. The van der Waals surface area contributed by atoms with Crippen LogP contribution in [0.1, 0.15) is 37.0 Å². The summed E-state index contributed by atoms with van der Waals surface area (Å²) in [6, 6.07) is 1.47. The predicted molar refractivity (Wildman–Crippen MR) is 66.5 cm³/mol. The average molecular weight is 237 g/mol. The molecule has 1 N–H and O–H groups in total. The largest absolute Gasteiger partial charge is 0.477 e. The Labute approximate surface area is 102 Å². The molecule has 0 fully saturated rings. The van der Waals surface area contributed by atoms with Crippen LogP contribution in [-0.2, 0) is 0 Å². The molecule has 5 heteroatoms. The summed E-state index contributed by atoms with van der Waals surface area (Å²) >= 11 is 0. The molecule has 94 valence electrons. The van der Waals surface area contributed by atoms with E-state index in [9.17, 15) is 4.79 Å². The second-order valence-corrected chi connectivity index (χ2v) is 5.42. The molecule has 0 aliphatic heterocycles. The van der Waals surface area contributed by atoms with Crippen LogP contribution in [0.3, 0.4) is 0 Å². The molecular weight excluding hydrogens is 218 g/mol. The smallest absolute Gasteiger partial charge is 0.354 e. The number of aryl methyl sites for hydroxylation is 1. The molecule has 0 saturated heterocycles. The lowest BCUT2D eigenvalue weighted by atomic mass is 9.96. The number of hydrogen-bond donors (Lipinski definition) is 1. The molecule has 1 rings (SSSR count). The summed E-state index contributed by atoms with van der Waals surface area (Å²) in [6.45, 7) is 8.85. The summed E-state index contributed by atoms with van der Waals surface area (Å²) in [5.41, 5.74) is 0.798. The van der Waals surface area contributed by atoms with Gasteiger partial charge in [-0.15, -0.1) is 0 Å². The van der Waals surface area contributed by atoms with Gasteiger partial charge in [0, 0.05) is 19.3 Å². The van der Waals surface area contributed by atoms with E-state index in [1.54, 1.807) is 6.92 Å². The van der Waals surface area contributed by atoms with E-state index in [0.717, 1.165) is 6.54 Å². The lowest BCUT2D eigenvalue weighted by Crippen LogP contribution is -2.31. The lowest BCUT2D eigenvalue weighted by Gasteiger charge is -2.26. The van der Waals surface area contributed by atoms with Crippen LogP contribution in [0.4, 0.5) is 5.95 Å². The topological polar surface area (TPSA) is 66.3 Å². The molecule has 5 nitrogen and oxygen atoms in total. The molecule has 0 bridgehead atoms. The third-order valence-electron chi connectivity index (χ3n) is 2.11. The van der Waals surface area contributed by atoms with Crippen LogP contribution in [0.15, 0.2) is 6.07 Å². The summed E-state index contributed by atoms with van der Waals surface area (Å²) in [5.74, 6) is -0.571. The highest BCUT2D eigenvalue weighted by Gasteiger charge is 2.17. The number of rotatable bonds is 3. The van der Waals surface area contributed by atoms with Gasteiger partial charge in [0.1, 0.15) is 0 Å². The van der Waals surface area contributed by atoms with E-state index in [2.05, 4.69) is 30.7 Å². The van der Waals surface area contributed by atoms with Crippen LogP contribution < -0.4 is 4.90 Å². The summed E-state index contributed by atoms with van der Waals surface area (Å²) in [4.78, 5) is 21.1. The highest BCUT2D eigenvalue weighted by atomic mass is 16.4. The molecule has 0 amide bonds. The second kappa shape index (κ2) is 4.69. The molecule has 17 heavy (non-hydrogen) atoms. The van der Waals surface area contributed by atoms with Gasteiger partial charge in [0.05, 0.1) is 0 Å². The van der Waals surface area contributed by atoms with E-state index in [1.807, 2.05) is 11.9 Å². The summed E-state index contributed by atoms with van der Waals surface area (Å²) < 4.78 is 0. The fourth-order valence-corrected chi connectivity index (χ4v) is 1.62. The zero-order valence-electron chi connectivity index (χ0n) is 11.0. The SMILES string of the molecule is Cc1cc(C(=O)O)nc(N(C)CC(C)(C)C)n1. The van der Waals surface area contributed by atoms with Gasteiger partial charge in [0.15, 0.2) is 5.69 Å². The minimum atomic E-state index is -1.03. The number of carboxylic acid groups (broad SMARTS) is 1. The molecule has 1 heterocycles. The number of aromatic carboxylic acids is 1. The van der Waals surface area contributed by atoms with Crippen molar-refractivity contribution < 1.29 is 9.90 Å². The van der Waals surface area contributed by atoms with Crippen molar-refractivity contribution in [3.8, 4) is 0 Å². The Morgan fingerprint density at radius 1 is 1.41 bits per heavy atom. The predicted octanol–water partition coefficient (Wildman–Crippen LogP) is 1.97. The van der Waals surface area contributed by atoms with Crippen LogP contribution in [0.5, 0.6) is 0 Å². The van der Waals surface area contributed by atoms with Crippen molar-refractivity contribution >= 4 is 11.9 Å². The number of carboxylic acids is 1. The van der Waals surface area contributed by atoms with Crippen molar-refractivity contribution in [2.75, 3.05) is 18.5 Å². The number of anilines is 1. The Hall–Kier alpha value is -1.65. The molecule has 0 radical (unpaired) electrons. The maximum absolute atomic E-state index is 10.9. The Morgan fingerprint density at radius 3 is 2.47 bits per heavy atom. The Kier molecular flexibility index (Phi) is 3.70. The van der Waals surface area contributed by atoms with Gasteiger partial charge in [-0.1, -0.05) is 20.8 Å². The molecular formula is C12H19N3O2. The molecule has 0 aliphatic carbocycles. The van der Waals surface area contributed by atoms with Crippen molar-refractivity contribution in [1.82, 2.24) is 9.97 Å². The number of nitrogens with zero attached hydrogens (tertiary/aromatic N) is 3. The van der Waals surface area contributed by atoms with Crippen molar-refractivity contribution in [1.29, 1.82) is 0 Å². The van der Waals surface area contributed by atoms with Gasteiger partial charge < -0.3 is 10.0 Å². The van der Waals surface area contributed by atoms with Gasteiger partial charge >= 0.3 is 5.97 Å². The molecule has 0 aliphatic rings. The third-order valence-corrected chi connectivity index (χ3v) is 2.11. The fourth-order valence-electron chi connectivity index (χ4n) is 1.62. The summed E-state index contributed by atoms with van der Waals surface area (Å²) in [5, 5.41) is 8.94. The van der Waals surface area contributed by atoms with E-state index in [0.29, 0.717) is 11.6 Å². The summed E-state index contributed by atoms with van der Waals surface area (Å²) in [7, 11) is 1.87. The van der Waals surface area contributed by atoms with E-state index in [4.69, 9.17) is 5.11 Å². The van der Waals surface area contributed by atoms with E-state index in [1.165, 1.54) is 6.07 Å². The quantitative estimate of drug-likeness (QED) is 0.870. The first-order valence-corrected chi connectivity index (χ1v) is 5.49. The van der Waals surface area contributed by atoms with Crippen molar-refractivity contribution in [2.24, 2.45) is 5.41 Å².